The fourth-order valence-corrected chi connectivity index (χ4v) is 3.18. The quantitative estimate of drug-likeness (QED) is 0.794. The summed E-state index contributed by atoms with van der Waals surface area (Å²) in [6, 6.07) is 5.79. The van der Waals surface area contributed by atoms with Crippen molar-refractivity contribution in [2.75, 3.05) is 0 Å². The van der Waals surface area contributed by atoms with Gasteiger partial charge in [-0.3, -0.25) is 0 Å². The highest BCUT2D eigenvalue weighted by Crippen LogP contribution is 2.42. The Bertz CT molecular complexity index is 419. The SMILES string of the molecule is CC1CCC(N)(c2ccc(Cl)c(Cl)c2)C(C)C1. The first-order chi connectivity index (χ1) is 7.93. The van der Waals surface area contributed by atoms with E-state index < -0.39 is 0 Å². The molecule has 2 rings (SSSR count). The summed E-state index contributed by atoms with van der Waals surface area (Å²) in [6.07, 6.45) is 3.38. The van der Waals surface area contributed by atoms with E-state index in [1.165, 1.54) is 12.8 Å². The van der Waals surface area contributed by atoms with E-state index in [-0.39, 0.29) is 5.54 Å². The van der Waals surface area contributed by atoms with E-state index in [1.807, 2.05) is 18.2 Å². The molecule has 0 bridgehead atoms. The third-order valence-electron chi connectivity index (χ3n) is 4.14. The van der Waals surface area contributed by atoms with Crippen LogP contribution in [0.2, 0.25) is 10.0 Å². The number of rotatable bonds is 1. The Morgan fingerprint density at radius 3 is 2.53 bits per heavy atom. The minimum Gasteiger partial charge on any atom is -0.321 e. The molecule has 0 spiro atoms. The smallest absolute Gasteiger partial charge is 0.0595 e. The summed E-state index contributed by atoms with van der Waals surface area (Å²) in [7, 11) is 0. The molecule has 3 heteroatoms. The van der Waals surface area contributed by atoms with Crippen LogP contribution in [0.3, 0.4) is 0 Å². The van der Waals surface area contributed by atoms with E-state index in [1.54, 1.807) is 0 Å². The molecule has 2 N–H and O–H groups in total. The van der Waals surface area contributed by atoms with Gasteiger partial charge in [-0.25, -0.2) is 0 Å². The van der Waals surface area contributed by atoms with E-state index in [0.717, 1.165) is 17.9 Å². The highest BCUT2D eigenvalue weighted by molar-refractivity contribution is 6.42. The Morgan fingerprint density at radius 2 is 1.94 bits per heavy atom. The van der Waals surface area contributed by atoms with E-state index in [2.05, 4.69) is 13.8 Å². The second-order valence-electron chi connectivity index (χ2n) is 5.45. The van der Waals surface area contributed by atoms with Crippen molar-refractivity contribution in [3.8, 4) is 0 Å². The van der Waals surface area contributed by atoms with E-state index in [4.69, 9.17) is 28.9 Å². The molecule has 0 radical (unpaired) electrons. The van der Waals surface area contributed by atoms with Crippen LogP contribution < -0.4 is 5.73 Å². The van der Waals surface area contributed by atoms with Crippen molar-refractivity contribution in [2.45, 2.75) is 38.6 Å². The van der Waals surface area contributed by atoms with Crippen molar-refractivity contribution in [3.63, 3.8) is 0 Å². The lowest BCUT2D eigenvalue weighted by atomic mass is 9.67. The molecule has 0 saturated heterocycles. The zero-order chi connectivity index (χ0) is 12.6. The van der Waals surface area contributed by atoms with Crippen LogP contribution in [0.5, 0.6) is 0 Å². The second kappa shape index (κ2) is 4.79. The van der Waals surface area contributed by atoms with Crippen LogP contribution in [-0.2, 0) is 5.54 Å². The maximum Gasteiger partial charge on any atom is 0.0595 e. The van der Waals surface area contributed by atoms with Gasteiger partial charge in [0, 0.05) is 5.54 Å². The average Bonchev–Trinajstić information content (AvgIpc) is 2.28. The first kappa shape index (κ1) is 13.2. The Hall–Kier alpha value is -0.240. The predicted octanol–water partition coefficient (Wildman–Crippen LogP) is 4.60. The molecule has 3 atom stereocenters. The second-order valence-corrected chi connectivity index (χ2v) is 6.26. The molecule has 1 aromatic carbocycles. The summed E-state index contributed by atoms with van der Waals surface area (Å²) in [5.74, 6) is 1.24. The van der Waals surface area contributed by atoms with Gasteiger partial charge in [0.15, 0.2) is 0 Å². The van der Waals surface area contributed by atoms with Crippen molar-refractivity contribution in [3.05, 3.63) is 33.8 Å². The van der Waals surface area contributed by atoms with Gasteiger partial charge < -0.3 is 5.73 Å². The summed E-state index contributed by atoms with van der Waals surface area (Å²) in [6.45, 7) is 4.53. The molecule has 1 nitrogen and oxygen atoms in total. The van der Waals surface area contributed by atoms with Crippen molar-refractivity contribution in [1.29, 1.82) is 0 Å². The lowest BCUT2D eigenvalue weighted by molar-refractivity contribution is 0.164. The van der Waals surface area contributed by atoms with Crippen LogP contribution in [0.4, 0.5) is 0 Å². The van der Waals surface area contributed by atoms with Gasteiger partial charge in [-0.1, -0.05) is 43.1 Å². The number of benzene rings is 1. The number of halogens is 2. The van der Waals surface area contributed by atoms with Gasteiger partial charge in [0.25, 0.3) is 0 Å². The third-order valence-corrected chi connectivity index (χ3v) is 4.88. The monoisotopic (exact) mass is 271 g/mol. The summed E-state index contributed by atoms with van der Waals surface area (Å²) in [5.41, 5.74) is 7.47. The first-order valence-corrected chi connectivity index (χ1v) is 6.93. The zero-order valence-corrected chi connectivity index (χ0v) is 11.9. The van der Waals surface area contributed by atoms with Crippen LogP contribution in [0, 0.1) is 11.8 Å². The maximum absolute atomic E-state index is 6.60. The molecule has 1 aliphatic rings. The van der Waals surface area contributed by atoms with Crippen molar-refractivity contribution < 1.29 is 0 Å². The highest BCUT2D eigenvalue weighted by atomic mass is 35.5. The minimum absolute atomic E-state index is 0.249. The largest absolute Gasteiger partial charge is 0.321 e. The van der Waals surface area contributed by atoms with Gasteiger partial charge in [-0.15, -0.1) is 0 Å². The summed E-state index contributed by atoms with van der Waals surface area (Å²) in [5, 5.41) is 1.19. The summed E-state index contributed by atoms with van der Waals surface area (Å²) < 4.78 is 0. The fraction of sp³-hybridized carbons (Fsp3) is 0.571. The molecule has 1 fully saturated rings. The molecule has 0 amide bonds. The molecular formula is C14H19Cl2N. The van der Waals surface area contributed by atoms with E-state index in [9.17, 15) is 0 Å². The molecular weight excluding hydrogens is 253 g/mol. The Labute approximate surface area is 113 Å². The number of hydrogen-bond acceptors (Lipinski definition) is 1. The number of nitrogens with two attached hydrogens (primary N) is 1. The Kier molecular flexibility index (Phi) is 3.72. The van der Waals surface area contributed by atoms with Gasteiger partial charge in [0.2, 0.25) is 0 Å². The van der Waals surface area contributed by atoms with Crippen LogP contribution in [0.15, 0.2) is 18.2 Å². The van der Waals surface area contributed by atoms with Crippen molar-refractivity contribution in [2.24, 2.45) is 17.6 Å². The van der Waals surface area contributed by atoms with Crippen LogP contribution in [0.25, 0.3) is 0 Å². The number of hydrogen-bond donors (Lipinski definition) is 1. The summed E-state index contributed by atoms with van der Waals surface area (Å²) >= 11 is 12.0. The van der Waals surface area contributed by atoms with Gasteiger partial charge in [0.1, 0.15) is 0 Å². The summed E-state index contributed by atoms with van der Waals surface area (Å²) in [4.78, 5) is 0. The molecule has 1 aliphatic carbocycles. The molecule has 0 heterocycles. The molecule has 0 aliphatic heterocycles. The van der Waals surface area contributed by atoms with Crippen molar-refractivity contribution in [1.82, 2.24) is 0 Å². The van der Waals surface area contributed by atoms with Crippen LogP contribution in [-0.4, -0.2) is 0 Å². The average molecular weight is 272 g/mol. The van der Waals surface area contributed by atoms with Crippen molar-refractivity contribution >= 4 is 23.2 Å². The third kappa shape index (κ3) is 2.47. The Balaban J connectivity index is 2.34. The first-order valence-electron chi connectivity index (χ1n) is 6.18. The van der Waals surface area contributed by atoms with E-state index >= 15 is 0 Å². The zero-order valence-electron chi connectivity index (χ0n) is 10.3. The molecule has 0 aromatic heterocycles. The van der Waals surface area contributed by atoms with Crippen LogP contribution >= 0.6 is 23.2 Å². The fourth-order valence-electron chi connectivity index (χ4n) is 2.88. The van der Waals surface area contributed by atoms with E-state index in [0.29, 0.717) is 16.0 Å². The van der Waals surface area contributed by atoms with Crippen LogP contribution in [0.1, 0.15) is 38.7 Å². The lowest BCUT2D eigenvalue weighted by Crippen LogP contribution is -2.46. The standard InChI is InChI=1S/C14H19Cl2N/c1-9-5-6-14(17,10(2)7-9)11-3-4-12(15)13(16)8-11/h3-4,8-10H,5-7,17H2,1-2H3. The topological polar surface area (TPSA) is 26.0 Å². The minimum atomic E-state index is -0.249. The Morgan fingerprint density at radius 1 is 1.24 bits per heavy atom. The van der Waals surface area contributed by atoms with Gasteiger partial charge in [0.05, 0.1) is 10.0 Å². The molecule has 1 aromatic rings. The predicted molar refractivity (Wildman–Crippen MR) is 74.5 cm³/mol. The van der Waals surface area contributed by atoms with Gasteiger partial charge in [-0.05, 0) is 48.8 Å². The lowest BCUT2D eigenvalue weighted by Gasteiger charge is -2.42. The molecule has 3 unspecified atom stereocenters. The molecule has 1 saturated carbocycles. The molecule has 94 valence electrons. The highest BCUT2D eigenvalue weighted by Gasteiger charge is 2.38. The molecule has 17 heavy (non-hydrogen) atoms. The normalized spacial score (nSPS) is 33.7. The van der Waals surface area contributed by atoms with Gasteiger partial charge in [-0.2, -0.15) is 0 Å². The van der Waals surface area contributed by atoms with Gasteiger partial charge >= 0.3 is 0 Å². The maximum atomic E-state index is 6.60.